The molecule has 0 spiro atoms. The summed E-state index contributed by atoms with van der Waals surface area (Å²) >= 11 is 11.0. The molecule has 0 unspecified atom stereocenters. The Morgan fingerprint density at radius 2 is 1.77 bits per heavy atom. The van der Waals surface area contributed by atoms with Crippen LogP contribution in [0.4, 0.5) is 8.78 Å². The van der Waals surface area contributed by atoms with Crippen molar-refractivity contribution in [1.82, 2.24) is 4.98 Å². The van der Waals surface area contributed by atoms with Gasteiger partial charge in [-0.25, -0.2) is 13.8 Å². The first kappa shape index (κ1) is 10.7. The van der Waals surface area contributed by atoms with Gasteiger partial charge in [0.1, 0.15) is 10.3 Å². The van der Waals surface area contributed by atoms with Crippen LogP contribution in [0.2, 0.25) is 10.3 Å². The molecule has 0 fully saturated rings. The first-order chi connectivity index (χ1) is 5.95. The third-order valence-electron chi connectivity index (χ3n) is 1.63. The van der Waals surface area contributed by atoms with E-state index in [1.165, 1.54) is 6.92 Å². The molecule has 0 radical (unpaired) electrons. The van der Waals surface area contributed by atoms with Gasteiger partial charge in [0.15, 0.2) is 0 Å². The van der Waals surface area contributed by atoms with Gasteiger partial charge in [0.2, 0.25) is 0 Å². The van der Waals surface area contributed by atoms with Crippen LogP contribution in [-0.4, -0.2) is 4.98 Å². The standard InChI is InChI=1S/C8H7Cl2F2N/c1-2-8(11,12)5-3-6(9)13-7(10)4-5/h3-4H,2H2,1H3. The average Bonchev–Trinajstić information content (AvgIpc) is 2.02. The van der Waals surface area contributed by atoms with E-state index in [2.05, 4.69) is 4.98 Å². The van der Waals surface area contributed by atoms with Gasteiger partial charge < -0.3 is 0 Å². The molecule has 0 N–H and O–H groups in total. The van der Waals surface area contributed by atoms with E-state index in [-0.39, 0.29) is 22.3 Å². The quantitative estimate of drug-likeness (QED) is 0.697. The van der Waals surface area contributed by atoms with Crippen molar-refractivity contribution in [2.24, 2.45) is 0 Å². The second-order valence-corrected chi connectivity index (χ2v) is 3.33. The first-order valence-corrected chi connectivity index (χ1v) is 4.42. The first-order valence-electron chi connectivity index (χ1n) is 3.67. The molecule has 0 saturated carbocycles. The molecule has 1 aromatic heterocycles. The Morgan fingerprint density at radius 1 is 1.31 bits per heavy atom. The lowest BCUT2D eigenvalue weighted by Gasteiger charge is -2.14. The van der Waals surface area contributed by atoms with Crippen molar-refractivity contribution in [3.63, 3.8) is 0 Å². The lowest BCUT2D eigenvalue weighted by molar-refractivity contribution is -0.00835. The van der Waals surface area contributed by atoms with Crippen LogP contribution in [0, 0.1) is 0 Å². The van der Waals surface area contributed by atoms with E-state index in [0.717, 1.165) is 12.1 Å². The number of nitrogens with zero attached hydrogens (tertiary/aromatic N) is 1. The summed E-state index contributed by atoms with van der Waals surface area (Å²) in [5.41, 5.74) is -0.194. The van der Waals surface area contributed by atoms with Crippen LogP contribution in [0.25, 0.3) is 0 Å². The van der Waals surface area contributed by atoms with E-state index in [4.69, 9.17) is 23.2 Å². The van der Waals surface area contributed by atoms with E-state index in [0.29, 0.717) is 0 Å². The number of rotatable bonds is 2. The molecule has 0 aromatic carbocycles. The lowest BCUT2D eigenvalue weighted by Crippen LogP contribution is -2.11. The molecule has 72 valence electrons. The topological polar surface area (TPSA) is 12.9 Å². The SMILES string of the molecule is CCC(F)(F)c1cc(Cl)nc(Cl)c1. The molecule has 1 rings (SSSR count). The molecule has 1 nitrogen and oxygen atoms in total. The lowest BCUT2D eigenvalue weighted by atomic mass is 10.1. The predicted molar refractivity (Wildman–Crippen MR) is 48.4 cm³/mol. The summed E-state index contributed by atoms with van der Waals surface area (Å²) in [5, 5.41) is -0.0359. The van der Waals surface area contributed by atoms with Crippen LogP contribution in [0.3, 0.4) is 0 Å². The van der Waals surface area contributed by atoms with Crippen molar-refractivity contribution in [3.05, 3.63) is 28.0 Å². The fraction of sp³-hybridized carbons (Fsp3) is 0.375. The van der Waals surface area contributed by atoms with Crippen molar-refractivity contribution in [3.8, 4) is 0 Å². The maximum absolute atomic E-state index is 13.1. The molecule has 1 heterocycles. The highest BCUT2D eigenvalue weighted by Crippen LogP contribution is 2.33. The van der Waals surface area contributed by atoms with E-state index in [1.54, 1.807) is 0 Å². The van der Waals surface area contributed by atoms with Crippen molar-refractivity contribution in [1.29, 1.82) is 0 Å². The Balaban J connectivity index is 3.15. The number of pyridine rings is 1. The monoisotopic (exact) mass is 225 g/mol. The second kappa shape index (κ2) is 3.76. The van der Waals surface area contributed by atoms with Gasteiger partial charge in [0.25, 0.3) is 5.92 Å². The molecule has 0 aliphatic heterocycles. The normalized spacial score (nSPS) is 11.8. The Bertz CT molecular complexity index is 295. The van der Waals surface area contributed by atoms with Gasteiger partial charge >= 0.3 is 0 Å². The molecule has 13 heavy (non-hydrogen) atoms. The number of hydrogen-bond donors (Lipinski definition) is 0. The Labute approximate surface area is 84.7 Å². The number of halogens is 4. The van der Waals surface area contributed by atoms with Gasteiger partial charge in [-0.15, -0.1) is 0 Å². The fourth-order valence-electron chi connectivity index (χ4n) is 0.880. The van der Waals surface area contributed by atoms with Crippen LogP contribution in [0.1, 0.15) is 18.9 Å². The molecule has 0 bridgehead atoms. The van der Waals surface area contributed by atoms with Gasteiger partial charge in [-0.05, 0) is 12.1 Å². The largest absolute Gasteiger partial charge is 0.273 e. The molecular formula is C8H7Cl2F2N. The molecule has 0 amide bonds. The van der Waals surface area contributed by atoms with Crippen LogP contribution < -0.4 is 0 Å². The molecular weight excluding hydrogens is 219 g/mol. The van der Waals surface area contributed by atoms with Gasteiger partial charge in [-0.2, -0.15) is 0 Å². The Morgan fingerprint density at radius 3 is 2.15 bits per heavy atom. The zero-order valence-corrected chi connectivity index (χ0v) is 8.33. The van der Waals surface area contributed by atoms with E-state index >= 15 is 0 Å². The van der Waals surface area contributed by atoms with Gasteiger partial charge in [0.05, 0.1) is 0 Å². The van der Waals surface area contributed by atoms with Gasteiger partial charge in [-0.3, -0.25) is 0 Å². The number of alkyl halides is 2. The average molecular weight is 226 g/mol. The second-order valence-electron chi connectivity index (χ2n) is 2.56. The fourth-order valence-corrected chi connectivity index (χ4v) is 1.34. The van der Waals surface area contributed by atoms with E-state index < -0.39 is 5.92 Å². The van der Waals surface area contributed by atoms with Crippen molar-refractivity contribution < 1.29 is 8.78 Å². The highest BCUT2D eigenvalue weighted by molar-refractivity contribution is 6.32. The maximum Gasteiger partial charge on any atom is 0.273 e. The number of hydrogen-bond acceptors (Lipinski definition) is 1. The van der Waals surface area contributed by atoms with E-state index in [9.17, 15) is 8.78 Å². The van der Waals surface area contributed by atoms with Crippen molar-refractivity contribution in [2.75, 3.05) is 0 Å². The van der Waals surface area contributed by atoms with Gasteiger partial charge in [-0.1, -0.05) is 30.1 Å². The minimum absolute atomic E-state index is 0.0179. The Kier molecular flexibility index (Phi) is 3.09. The summed E-state index contributed by atoms with van der Waals surface area (Å²) in [6.45, 7) is 1.39. The predicted octanol–water partition coefficient (Wildman–Crippen LogP) is 3.89. The summed E-state index contributed by atoms with van der Waals surface area (Å²) in [5.74, 6) is -2.89. The maximum atomic E-state index is 13.1. The van der Waals surface area contributed by atoms with E-state index in [1.807, 2.05) is 0 Å². The third-order valence-corrected chi connectivity index (χ3v) is 2.02. The Hall–Kier alpha value is -0.410. The summed E-state index contributed by atoms with van der Waals surface area (Å²) in [6, 6.07) is 2.24. The van der Waals surface area contributed by atoms with Crippen molar-refractivity contribution in [2.45, 2.75) is 19.3 Å². The van der Waals surface area contributed by atoms with Crippen LogP contribution in [-0.2, 0) is 5.92 Å². The highest BCUT2D eigenvalue weighted by Gasteiger charge is 2.29. The smallest absolute Gasteiger partial charge is 0.224 e. The molecule has 0 saturated heterocycles. The van der Waals surface area contributed by atoms with Crippen LogP contribution in [0.15, 0.2) is 12.1 Å². The van der Waals surface area contributed by atoms with Crippen LogP contribution >= 0.6 is 23.2 Å². The van der Waals surface area contributed by atoms with Crippen LogP contribution in [0.5, 0.6) is 0 Å². The van der Waals surface area contributed by atoms with Gasteiger partial charge in [0, 0.05) is 12.0 Å². The summed E-state index contributed by atoms with van der Waals surface area (Å²) in [4.78, 5) is 3.58. The minimum Gasteiger partial charge on any atom is -0.224 e. The van der Waals surface area contributed by atoms with Crippen molar-refractivity contribution >= 4 is 23.2 Å². The molecule has 0 aliphatic carbocycles. The highest BCUT2D eigenvalue weighted by atomic mass is 35.5. The zero-order valence-electron chi connectivity index (χ0n) is 6.82. The molecule has 0 aliphatic rings. The third kappa shape index (κ3) is 2.51. The summed E-state index contributed by atoms with van der Waals surface area (Å²) in [7, 11) is 0. The molecule has 0 atom stereocenters. The molecule has 1 aromatic rings. The molecule has 5 heteroatoms. The zero-order chi connectivity index (χ0) is 10.1. The summed E-state index contributed by atoms with van der Waals surface area (Å²) in [6.07, 6.45) is -0.288. The minimum atomic E-state index is -2.89. The summed E-state index contributed by atoms with van der Waals surface area (Å²) < 4.78 is 26.2. The number of aromatic nitrogens is 1.